The molecule has 0 amide bonds. The molecule has 0 unspecified atom stereocenters. The fraction of sp³-hybridized carbons (Fsp3) is 0.417. The number of sulfonamides is 1. The van der Waals surface area contributed by atoms with Crippen LogP contribution in [-0.2, 0) is 10.0 Å². The van der Waals surface area contributed by atoms with E-state index in [4.69, 9.17) is 10.4 Å². The number of benzene rings is 1. The van der Waals surface area contributed by atoms with Gasteiger partial charge in [0.2, 0.25) is 10.0 Å². The molecule has 1 saturated carbocycles. The molecule has 0 bridgehead atoms. The Morgan fingerprint density at radius 1 is 1.47 bits per heavy atom. The summed E-state index contributed by atoms with van der Waals surface area (Å²) in [6, 6.07) is 5.01. The maximum absolute atomic E-state index is 13.4. The third kappa shape index (κ3) is 2.76. The molecule has 19 heavy (non-hydrogen) atoms. The van der Waals surface area contributed by atoms with Crippen molar-refractivity contribution in [3.8, 4) is 6.07 Å². The van der Waals surface area contributed by atoms with Crippen molar-refractivity contribution < 1.29 is 17.9 Å². The SMILES string of the molecule is N#Cc1c(F)cccc1S(=O)(=O)NCC1(CO)CC1. The van der Waals surface area contributed by atoms with Crippen molar-refractivity contribution in [2.45, 2.75) is 17.7 Å². The van der Waals surface area contributed by atoms with Crippen LogP contribution in [0.5, 0.6) is 0 Å². The Labute approximate surface area is 110 Å². The van der Waals surface area contributed by atoms with Crippen LogP contribution in [0.25, 0.3) is 0 Å². The van der Waals surface area contributed by atoms with Crippen LogP contribution >= 0.6 is 0 Å². The first-order chi connectivity index (χ1) is 8.94. The molecule has 0 saturated heterocycles. The number of halogens is 1. The van der Waals surface area contributed by atoms with Gasteiger partial charge in [-0.15, -0.1) is 0 Å². The third-order valence-electron chi connectivity index (χ3n) is 3.31. The normalized spacial score (nSPS) is 16.9. The minimum absolute atomic E-state index is 0.0905. The highest BCUT2D eigenvalue weighted by atomic mass is 32.2. The summed E-state index contributed by atoms with van der Waals surface area (Å²) >= 11 is 0. The molecule has 0 atom stereocenters. The van der Waals surface area contributed by atoms with Crippen molar-refractivity contribution >= 4 is 10.0 Å². The molecule has 5 nitrogen and oxygen atoms in total. The van der Waals surface area contributed by atoms with Gasteiger partial charge >= 0.3 is 0 Å². The summed E-state index contributed by atoms with van der Waals surface area (Å²) in [6.45, 7) is -0.00298. The number of hydrogen-bond acceptors (Lipinski definition) is 4. The molecule has 2 N–H and O–H groups in total. The third-order valence-corrected chi connectivity index (χ3v) is 4.75. The first kappa shape index (κ1) is 13.9. The van der Waals surface area contributed by atoms with Crippen molar-refractivity contribution in [3.05, 3.63) is 29.6 Å². The second-order valence-electron chi connectivity index (χ2n) is 4.71. The number of rotatable bonds is 5. The van der Waals surface area contributed by atoms with Crippen molar-refractivity contribution in [1.82, 2.24) is 4.72 Å². The van der Waals surface area contributed by atoms with Crippen LogP contribution in [0.3, 0.4) is 0 Å². The molecular weight excluding hydrogens is 271 g/mol. The molecule has 1 aliphatic rings. The summed E-state index contributed by atoms with van der Waals surface area (Å²) in [4.78, 5) is -0.372. The lowest BCUT2D eigenvalue weighted by atomic mass is 10.1. The number of hydrogen-bond donors (Lipinski definition) is 2. The zero-order valence-corrected chi connectivity index (χ0v) is 10.9. The fourth-order valence-corrected chi connectivity index (χ4v) is 3.05. The monoisotopic (exact) mass is 284 g/mol. The zero-order valence-electron chi connectivity index (χ0n) is 10.1. The predicted molar refractivity (Wildman–Crippen MR) is 65.1 cm³/mol. The largest absolute Gasteiger partial charge is 0.396 e. The number of nitrogens with one attached hydrogen (secondary N) is 1. The summed E-state index contributed by atoms with van der Waals surface area (Å²) in [7, 11) is -3.95. The van der Waals surface area contributed by atoms with Gasteiger partial charge in [0.1, 0.15) is 22.3 Å². The Bertz CT molecular complexity index is 633. The molecule has 1 aromatic carbocycles. The molecule has 0 aromatic heterocycles. The van der Waals surface area contributed by atoms with Gasteiger partial charge in [-0.1, -0.05) is 6.07 Å². The van der Waals surface area contributed by atoms with Gasteiger partial charge < -0.3 is 5.11 Å². The maximum atomic E-state index is 13.4. The topological polar surface area (TPSA) is 90.2 Å². The highest BCUT2D eigenvalue weighted by molar-refractivity contribution is 7.89. The highest BCUT2D eigenvalue weighted by Crippen LogP contribution is 2.44. The first-order valence-electron chi connectivity index (χ1n) is 5.73. The molecule has 1 aromatic rings. The molecule has 0 spiro atoms. The number of nitrogens with zero attached hydrogens (tertiary/aromatic N) is 1. The van der Waals surface area contributed by atoms with E-state index in [-0.39, 0.29) is 18.0 Å². The highest BCUT2D eigenvalue weighted by Gasteiger charge is 2.42. The Balaban J connectivity index is 2.25. The van der Waals surface area contributed by atoms with Gasteiger partial charge in [-0.05, 0) is 25.0 Å². The predicted octanol–water partition coefficient (Wildman–Crippen LogP) is 0.748. The van der Waals surface area contributed by atoms with Crippen molar-refractivity contribution in [2.75, 3.05) is 13.2 Å². The van der Waals surface area contributed by atoms with Crippen LogP contribution < -0.4 is 4.72 Å². The molecule has 1 aliphatic carbocycles. The summed E-state index contributed by atoms with van der Waals surface area (Å²) < 4.78 is 39.8. The van der Waals surface area contributed by atoms with Crippen molar-refractivity contribution in [3.63, 3.8) is 0 Å². The lowest BCUT2D eigenvalue weighted by Gasteiger charge is -2.13. The van der Waals surface area contributed by atoms with Gasteiger partial charge in [0.05, 0.1) is 0 Å². The average Bonchev–Trinajstić information content (AvgIpc) is 3.17. The minimum atomic E-state index is -3.95. The Morgan fingerprint density at radius 2 is 2.16 bits per heavy atom. The van der Waals surface area contributed by atoms with Crippen molar-refractivity contribution in [1.29, 1.82) is 5.26 Å². The molecule has 0 aliphatic heterocycles. The molecule has 0 radical (unpaired) electrons. The molecule has 102 valence electrons. The van der Waals surface area contributed by atoms with Crippen LogP contribution in [0.2, 0.25) is 0 Å². The summed E-state index contributed by atoms with van der Waals surface area (Å²) in [6.07, 6.45) is 1.50. The van der Waals surface area contributed by atoms with E-state index in [0.29, 0.717) is 0 Å². The lowest BCUT2D eigenvalue weighted by molar-refractivity contribution is 0.213. The van der Waals surface area contributed by atoms with E-state index in [0.717, 1.165) is 18.9 Å². The van der Waals surface area contributed by atoms with E-state index in [1.54, 1.807) is 6.07 Å². The smallest absolute Gasteiger partial charge is 0.242 e. The summed E-state index contributed by atoms with van der Waals surface area (Å²) in [5.41, 5.74) is -0.892. The van der Waals surface area contributed by atoms with Crippen LogP contribution in [0, 0.1) is 22.6 Å². The molecular formula is C12H13FN2O3S. The van der Waals surface area contributed by atoms with E-state index < -0.39 is 26.8 Å². The minimum Gasteiger partial charge on any atom is -0.396 e. The number of aliphatic hydroxyl groups is 1. The van der Waals surface area contributed by atoms with Gasteiger partial charge in [0, 0.05) is 18.6 Å². The molecule has 2 rings (SSSR count). The first-order valence-corrected chi connectivity index (χ1v) is 7.22. The summed E-state index contributed by atoms with van der Waals surface area (Å²) in [5, 5.41) is 17.9. The second-order valence-corrected chi connectivity index (χ2v) is 6.44. The van der Waals surface area contributed by atoms with Crippen LogP contribution in [-0.4, -0.2) is 26.7 Å². The van der Waals surface area contributed by atoms with Crippen LogP contribution in [0.4, 0.5) is 4.39 Å². The molecule has 7 heteroatoms. The standard InChI is InChI=1S/C12H13FN2O3S/c13-10-2-1-3-11(9(10)6-14)19(17,18)15-7-12(8-16)4-5-12/h1-3,15-16H,4-5,7-8H2. The Kier molecular flexibility index (Phi) is 3.58. The van der Waals surface area contributed by atoms with E-state index in [1.165, 1.54) is 12.1 Å². The quantitative estimate of drug-likeness (QED) is 0.834. The Hall–Kier alpha value is -1.49. The maximum Gasteiger partial charge on any atom is 0.242 e. The fourth-order valence-electron chi connectivity index (χ4n) is 1.73. The van der Waals surface area contributed by atoms with Gasteiger partial charge in [-0.25, -0.2) is 17.5 Å². The van der Waals surface area contributed by atoms with E-state index >= 15 is 0 Å². The van der Waals surface area contributed by atoms with Crippen LogP contribution in [0.15, 0.2) is 23.1 Å². The number of nitriles is 1. The van der Waals surface area contributed by atoms with Crippen LogP contribution in [0.1, 0.15) is 18.4 Å². The van der Waals surface area contributed by atoms with E-state index in [9.17, 15) is 12.8 Å². The second kappa shape index (κ2) is 4.89. The summed E-state index contributed by atoms with van der Waals surface area (Å²) in [5.74, 6) is -0.867. The van der Waals surface area contributed by atoms with E-state index in [2.05, 4.69) is 4.72 Å². The van der Waals surface area contributed by atoms with E-state index in [1.807, 2.05) is 0 Å². The zero-order chi connectivity index (χ0) is 14.1. The lowest BCUT2D eigenvalue weighted by Crippen LogP contribution is -2.32. The van der Waals surface area contributed by atoms with Crippen molar-refractivity contribution in [2.24, 2.45) is 5.41 Å². The average molecular weight is 284 g/mol. The van der Waals surface area contributed by atoms with Gasteiger partial charge in [0.15, 0.2) is 0 Å². The molecule has 1 fully saturated rings. The molecule has 0 heterocycles. The Morgan fingerprint density at radius 3 is 2.68 bits per heavy atom. The van der Waals surface area contributed by atoms with Gasteiger partial charge in [-0.3, -0.25) is 0 Å². The van der Waals surface area contributed by atoms with Gasteiger partial charge in [0.25, 0.3) is 0 Å². The number of aliphatic hydroxyl groups excluding tert-OH is 1. The van der Waals surface area contributed by atoms with Gasteiger partial charge in [-0.2, -0.15) is 5.26 Å².